The normalized spacial score (nSPS) is 12.6. The third-order valence-corrected chi connectivity index (χ3v) is 2.84. The molecule has 0 heterocycles. The van der Waals surface area contributed by atoms with E-state index in [0.717, 1.165) is 38.5 Å². The van der Waals surface area contributed by atoms with Crippen LogP contribution in [0.1, 0.15) is 52.4 Å². The van der Waals surface area contributed by atoms with Gasteiger partial charge in [-0.1, -0.05) is 25.0 Å². The molecule has 4 heteroatoms. The zero-order valence-corrected chi connectivity index (χ0v) is 11.4. The average Bonchev–Trinajstić information content (AvgIpc) is 2.31. The van der Waals surface area contributed by atoms with Crippen molar-refractivity contribution in [3.05, 3.63) is 23.3 Å². The van der Waals surface area contributed by atoms with Crippen LogP contribution in [0.3, 0.4) is 0 Å². The highest BCUT2D eigenvalue weighted by molar-refractivity contribution is 5.91. The second kappa shape index (κ2) is 9.45. The highest BCUT2D eigenvalue weighted by Gasteiger charge is 1.97. The molecule has 0 aromatic heterocycles. The summed E-state index contributed by atoms with van der Waals surface area (Å²) in [4.78, 5) is 21.5. The molecular formula is C14H24N2O2. The Bertz CT molecular complexity index is 310. The zero-order chi connectivity index (χ0) is 14.0. The van der Waals surface area contributed by atoms with Crippen molar-refractivity contribution in [2.45, 2.75) is 52.4 Å². The minimum absolute atomic E-state index is 0.345. The monoisotopic (exact) mass is 252 g/mol. The fraction of sp³-hybridized carbons (Fsp3) is 0.571. The molecule has 0 saturated carbocycles. The van der Waals surface area contributed by atoms with E-state index in [2.05, 4.69) is 0 Å². The van der Waals surface area contributed by atoms with Gasteiger partial charge in [0.15, 0.2) is 0 Å². The number of nitrogens with two attached hydrogens (primary N) is 2. The van der Waals surface area contributed by atoms with Crippen molar-refractivity contribution < 1.29 is 9.59 Å². The van der Waals surface area contributed by atoms with Crippen LogP contribution in [-0.4, -0.2) is 11.8 Å². The molecule has 0 spiro atoms. The van der Waals surface area contributed by atoms with E-state index >= 15 is 0 Å². The molecule has 0 aliphatic rings. The fourth-order valence-electron chi connectivity index (χ4n) is 1.48. The number of carbonyl (C=O) groups is 2. The van der Waals surface area contributed by atoms with E-state index in [0.29, 0.717) is 11.1 Å². The summed E-state index contributed by atoms with van der Waals surface area (Å²) in [6.45, 7) is 3.47. The van der Waals surface area contributed by atoms with E-state index < -0.39 is 0 Å². The lowest BCUT2D eigenvalue weighted by Crippen LogP contribution is -2.11. The molecule has 18 heavy (non-hydrogen) atoms. The molecule has 2 amide bonds. The Kier molecular flexibility index (Phi) is 8.62. The van der Waals surface area contributed by atoms with Crippen molar-refractivity contribution in [1.82, 2.24) is 0 Å². The summed E-state index contributed by atoms with van der Waals surface area (Å²) in [6, 6.07) is 0. The molecule has 0 bridgehead atoms. The number of allylic oxidation sites excluding steroid dienone is 2. The SMILES string of the molecule is CC(=CCCCCCCC=C(C)C(N)=O)C(N)=O. The van der Waals surface area contributed by atoms with Crippen molar-refractivity contribution >= 4 is 11.8 Å². The lowest BCUT2D eigenvalue weighted by molar-refractivity contribution is -0.115. The van der Waals surface area contributed by atoms with Gasteiger partial charge >= 0.3 is 0 Å². The van der Waals surface area contributed by atoms with Gasteiger partial charge in [-0.2, -0.15) is 0 Å². The first-order valence-electron chi connectivity index (χ1n) is 6.38. The van der Waals surface area contributed by atoms with Gasteiger partial charge in [0.25, 0.3) is 0 Å². The van der Waals surface area contributed by atoms with Gasteiger partial charge < -0.3 is 11.5 Å². The molecular weight excluding hydrogens is 228 g/mol. The molecule has 0 rings (SSSR count). The minimum Gasteiger partial charge on any atom is -0.366 e. The lowest BCUT2D eigenvalue weighted by Gasteiger charge is -1.99. The first-order valence-corrected chi connectivity index (χ1v) is 6.38. The molecule has 0 fully saturated rings. The molecule has 0 aliphatic heterocycles. The van der Waals surface area contributed by atoms with Crippen LogP contribution in [0, 0.1) is 0 Å². The second-order valence-electron chi connectivity index (χ2n) is 4.49. The van der Waals surface area contributed by atoms with Crippen LogP contribution in [-0.2, 0) is 9.59 Å². The summed E-state index contributed by atoms with van der Waals surface area (Å²) in [7, 11) is 0. The summed E-state index contributed by atoms with van der Waals surface area (Å²) in [5.41, 5.74) is 11.5. The number of carbonyl (C=O) groups excluding carboxylic acids is 2. The van der Waals surface area contributed by atoms with E-state index in [9.17, 15) is 9.59 Å². The van der Waals surface area contributed by atoms with Gasteiger partial charge in [0, 0.05) is 11.1 Å². The molecule has 4 N–H and O–H groups in total. The Balaban J connectivity index is 3.53. The topological polar surface area (TPSA) is 86.2 Å². The summed E-state index contributed by atoms with van der Waals surface area (Å²) in [5, 5.41) is 0. The molecule has 0 radical (unpaired) electrons. The van der Waals surface area contributed by atoms with Crippen LogP contribution < -0.4 is 11.5 Å². The predicted octanol–water partition coefficient (Wildman–Crippen LogP) is 2.19. The second-order valence-corrected chi connectivity index (χ2v) is 4.49. The predicted molar refractivity (Wildman–Crippen MR) is 73.6 cm³/mol. The largest absolute Gasteiger partial charge is 0.366 e. The quantitative estimate of drug-likeness (QED) is 0.487. The highest BCUT2D eigenvalue weighted by Crippen LogP contribution is 2.08. The third kappa shape index (κ3) is 8.56. The maximum Gasteiger partial charge on any atom is 0.244 e. The van der Waals surface area contributed by atoms with Crippen molar-refractivity contribution in [3.8, 4) is 0 Å². The molecule has 4 nitrogen and oxygen atoms in total. The maximum atomic E-state index is 10.7. The number of amides is 2. The van der Waals surface area contributed by atoms with E-state index in [1.165, 1.54) is 0 Å². The summed E-state index contributed by atoms with van der Waals surface area (Å²) < 4.78 is 0. The minimum atomic E-state index is -0.345. The number of unbranched alkanes of at least 4 members (excludes halogenated alkanes) is 5. The van der Waals surface area contributed by atoms with E-state index in [4.69, 9.17) is 11.5 Å². The van der Waals surface area contributed by atoms with Crippen LogP contribution in [0.25, 0.3) is 0 Å². The van der Waals surface area contributed by atoms with Gasteiger partial charge in [-0.3, -0.25) is 9.59 Å². The van der Waals surface area contributed by atoms with Gasteiger partial charge in [0.2, 0.25) is 11.8 Å². The Hall–Kier alpha value is -1.58. The number of hydrogen-bond acceptors (Lipinski definition) is 2. The third-order valence-electron chi connectivity index (χ3n) is 2.84. The van der Waals surface area contributed by atoms with Crippen molar-refractivity contribution in [3.63, 3.8) is 0 Å². The number of primary amides is 2. The Morgan fingerprint density at radius 1 is 0.778 bits per heavy atom. The lowest BCUT2D eigenvalue weighted by atomic mass is 10.1. The maximum absolute atomic E-state index is 10.7. The Labute approximate surface area is 109 Å². The van der Waals surface area contributed by atoms with Gasteiger partial charge in [-0.25, -0.2) is 0 Å². The highest BCUT2D eigenvalue weighted by atomic mass is 16.1. The van der Waals surface area contributed by atoms with Crippen LogP contribution in [0.4, 0.5) is 0 Å². The summed E-state index contributed by atoms with van der Waals surface area (Å²) in [5.74, 6) is -0.691. The molecule has 0 aliphatic carbocycles. The van der Waals surface area contributed by atoms with Crippen LogP contribution in [0.15, 0.2) is 23.3 Å². The van der Waals surface area contributed by atoms with Crippen molar-refractivity contribution in [2.24, 2.45) is 11.5 Å². The average molecular weight is 252 g/mol. The van der Waals surface area contributed by atoms with Gasteiger partial charge in [0.1, 0.15) is 0 Å². The first kappa shape index (κ1) is 16.4. The standard InChI is InChI=1S/C14H24N2O2/c1-11(13(15)17)9-7-5-3-4-6-8-10-12(2)14(16)18/h9-10H,3-8H2,1-2H3,(H2,15,17)(H2,16,18). The van der Waals surface area contributed by atoms with E-state index in [-0.39, 0.29) is 11.8 Å². The molecule has 0 aromatic rings. The van der Waals surface area contributed by atoms with Crippen molar-refractivity contribution in [1.29, 1.82) is 0 Å². The van der Waals surface area contributed by atoms with Crippen LogP contribution >= 0.6 is 0 Å². The molecule has 0 unspecified atom stereocenters. The Morgan fingerprint density at radius 2 is 1.11 bits per heavy atom. The van der Waals surface area contributed by atoms with Crippen LogP contribution in [0.2, 0.25) is 0 Å². The van der Waals surface area contributed by atoms with E-state index in [1.807, 2.05) is 12.2 Å². The number of rotatable bonds is 9. The molecule has 0 atom stereocenters. The van der Waals surface area contributed by atoms with Crippen molar-refractivity contribution in [2.75, 3.05) is 0 Å². The van der Waals surface area contributed by atoms with Crippen LogP contribution in [0.5, 0.6) is 0 Å². The molecule has 0 aromatic carbocycles. The molecule has 0 saturated heterocycles. The van der Waals surface area contributed by atoms with E-state index in [1.54, 1.807) is 13.8 Å². The Morgan fingerprint density at radius 3 is 1.39 bits per heavy atom. The van der Waals surface area contributed by atoms with Gasteiger partial charge in [-0.15, -0.1) is 0 Å². The summed E-state index contributed by atoms with van der Waals surface area (Å²) >= 11 is 0. The first-order chi connectivity index (χ1) is 8.45. The zero-order valence-electron chi connectivity index (χ0n) is 11.4. The smallest absolute Gasteiger partial charge is 0.244 e. The van der Waals surface area contributed by atoms with Gasteiger partial charge in [-0.05, 0) is 39.5 Å². The van der Waals surface area contributed by atoms with Gasteiger partial charge in [0.05, 0.1) is 0 Å². The summed E-state index contributed by atoms with van der Waals surface area (Å²) in [6.07, 6.45) is 9.92. The fourth-order valence-corrected chi connectivity index (χ4v) is 1.48. The molecule has 102 valence electrons. The number of hydrogen-bond donors (Lipinski definition) is 2.